The first-order valence-corrected chi connectivity index (χ1v) is 7.33. The second-order valence-corrected chi connectivity index (χ2v) is 5.56. The summed E-state index contributed by atoms with van der Waals surface area (Å²) in [5, 5.41) is 12.6. The summed E-state index contributed by atoms with van der Waals surface area (Å²) in [4.78, 5) is 11.7. The van der Waals surface area contributed by atoms with Gasteiger partial charge in [0.05, 0.1) is 5.02 Å². The Morgan fingerprint density at radius 1 is 1.35 bits per heavy atom. The SMILES string of the molecule is O=C(COc1ccccc1Cl)NCC1CCCC1CO. The van der Waals surface area contributed by atoms with E-state index in [1.165, 1.54) is 0 Å². The van der Waals surface area contributed by atoms with Crippen molar-refractivity contribution in [1.82, 2.24) is 5.32 Å². The number of hydrogen-bond acceptors (Lipinski definition) is 3. The van der Waals surface area contributed by atoms with Crippen LogP contribution in [0.1, 0.15) is 19.3 Å². The minimum absolute atomic E-state index is 0.0414. The Labute approximate surface area is 124 Å². The van der Waals surface area contributed by atoms with E-state index in [0.29, 0.717) is 29.2 Å². The molecule has 0 heterocycles. The van der Waals surface area contributed by atoms with E-state index in [1.54, 1.807) is 12.1 Å². The Balaban J connectivity index is 1.72. The zero-order valence-electron chi connectivity index (χ0n) is 11.3. The third-order valence-corrected chi connectivity index (χ3v) is 4.12. The summed E-state index contributed by atoms with van der Waals surface area (Å²) in [5.74, 6) is 1.05. The maximum absolute atomic E-state index is 11.7. The lowest BCUT2D eigenvalue weighted by Crippen LogP contribution is -2.34. The van der Waals surface area contributed by atoms with Gasteiger partial charge in [0.2, 0.25) is 0 Å². The number of carbonyl (C=O) groups excluding carboxylic acids is 1. The maximum atomic E-state index is 11.7. The Kier molecular flexibility index (Phi) is 5.68. The molecule has 1 amide bonds. The number of aliphatic hydroxyl groups excluding tert-OH is 1. The molecule has 0 radical (unpaired) electrons. The summed E-state index contributed by atoms with van der Waals surface area (Å²) in [6.45, 7) is 0.771. The minimum atomic E-state index is -0.159. The van der Waals surface area contributed by atoms with Crippen LogP contribution in [0, 0.1) is 11.8 Å². The molecule has 0 aliphatic heterocycles. The minimum Gasteiger partial charge on any atom is -0.482 e. The van der Waals surface area contributed by atoms with Gasteiger partial charge in [-0.2, -0.15) is 0 Å². The van der Waals surface area contributed by atoms with Crippen LogP contribution in [0.25, 0.3) is 0 Å². The lowest BCUT2D eigenvalue weighted by molar-refractivity contribution is -0.123. The molecule has 0 bridgehead atoms. The Hall–Kier alpha value is -1.26. The fourth-order valence-electron chi connectivity index (χ4n) is 2.62. The summed E-state index contributed by atoms with van der Waals surface area (Å²) in [5.41, 5.74) is 0. The summed E-state index contributed by atoms with van der Waals surface area (Å²) in [7, 11) is 0. The van der Waals surface area contributed by atoms with Crippen molar-refractivity contribution in [2.24, 2.45) is 11.8 Å². The normalized spacial score (nSPS) is 21.7. The highest BCUT2D eigenvalue weighted by molar-refractivity contribution is 6.32. The molecule has 2 N–H and O–H groups in total. The zero-order chi connectivity index (χ0) is 14.4. The van der Waals surface area contributed by atoms with Gasteiger partial charge in [-0.3, -0.25) is 4.79 Å². The number of ether oxygens (including phenoxy) is 1. The molecule has 2 atom stereocenters. The van der Waals surface area contributed by atoms with Gasteiger partial charge in [-0.1, -0.05) is 30.2 Å². The number of para-hydroxylation sites is 1. The first-order chi connectivity index (χ1) is 9.70. The second-order valence-electron chi connectivity index (χ2n) is 5.16. The van der Waals surface area contributed by atoms with Crippen molar-refractivity contribution in [3.63, 3.8) is 0 Å². The molecule has 0 spiro atoms. The van der Waals surface area contributed by atoms with Crippen LogP contribution in [0.2, 0.25) is 5.02 Å². The van der Waals surface area contributed by atoms with Gasteiger partial charge in [-0.05, 0) is 36.8 Å². The molecule has 1 aromatic rings. The molecule has 4 nitrogen and oxygen atoms in total. The van der Waals surface area contributed by atoms with E-state index in [9.17, 15) is 9.90 Å². The number of amides is 1. The van der Waals surface area contributed by atoms with E-state index >= 15 is 0 Å². The number of halogens is 1. The third-order valence-electron chi connectivity index (χ3n) is 3.81. The number of nitrogens with one attached hydrogen (secondary N) is 1. The molecule has 1 aromatic carbocycles. The standard InChI is InChI=1S/C15H20ClNO3/c16-13-6-1-2-7-14(13)20-10-15(19)17-8-11-4-3-5-12(11)9-18/h1-2,6-7,11-12,18H,3-5,8-10H2,(H,17,19). The van der Waals surface area contributed by atoms with Gasteiger partial charge in [0, 0.05) is 13.2 Å². The second kappa shape index (κ2) is 7.50. The Morgan fingerprint density at radius 2 is 2.10 bits per heavy atom. The monoisotopic (exact) mass is 297 g/mol. The largest absolute Gasteiger partial charge is 0.482 e. The topological polar surface area (TPSA) is 58.6 Å². The fraction of sp³-hybridized carbons (Fsp3) is 0.533. The predicted octanol–water partition coefficient (Wildman–Crippen LogP) is 2.24. The molecule has 1 aliphatic rings. The van der Waals surface area contributed by atoms with Gasteiger partial charge < -0.3 is 15.2 Å². The van der Waals surface area contributed by atoms with Crippen molar-refractivity contribution in [2.75, 3.05) is 19.8 Å². The first kappa shape index (κ1) is 15.1. The highest BCUT2D eigenvalue weighted by Gasteiger charge is 2.26. The van der Waals surface area contributed by atoms with E-state index in [0.717, 1.165) is 19.3 Å². The molecule has 0 saturated heterocycles. The molecular weight excluding hydrogens is 278 g/mol. The van der Waals surface area contributed by atoms with E-state index in [1.807, 2.05) is 12.1 Å². The smallest absolute Gasteiger partial charge is 0.257 e. The average molecular weight is 298 g/mol. The lowest BCUT2D eigenvalue weighted by atomic mass is 9.97. The van der Waals surface area contributed by atoms with Gasteiger partial charge in [0.15, 0.2) is 6.61 Å². The fourth-order valence-corrected chi connectivity index (χ4v) is 2.81. The van der Waals surface area contributed by atoms with Crippen LogP contribution in [0.4, 0.5) is 0 Å². The number of carbonyl (C=O) groups is 1. The van der Waals surface area contributed by atoms with Crippen molar-refractivity contribution in [2.45, 2.75) is 19.3 Å². The predicted molar refractivity (Wildman–Crippen MR) is 77.9 cm³/mol. The number of hydrogen-bond donors (Lipinski definition) is 2. The third kappa shape index (κ3) is 4.12. The molecule has 2 unspecified atom stereocenters. The molecule has 0 aromatic heterocycles. The van der Waals surface area contributed by atoms with Gasteiger partial charge in [0.1, 0.15) is 5.75 Å². The van der Waals surface area contributed by atoms with E-state index in [2.05, 4.69) is 5.32 Å². The first-order valence-electron chi connectivity index (χ1n) is 6.95. The van der Waals surface area contributed by atoms with Crippen LogP contribution in [0.3, 0.4) is 0 Å². The van der Waals surface area contributed by atoms with Crippen LogP contribution in [0.15, 0.2) is 24.3 Å². The number of aliphatic hydroxyl groups is 1. The molecule has 20 heavy (non-hydrogen) atoms. The molecule has 5 heteroatoms. The zero-order valence-corrected chi connectivity index (χ0v) is 12.1. The van der Waals surface area contributed by atoms with Crippen molar-refractivity contribution >= 4 is 17.5 Å². The van der Waals surface area contributed by atoms with Gasteiger partial charge in [-0.25, -0.2) is 0 Å². The van der Waals surface area contributed by atoms with Crippen LogP contribution in [-0.4, -0.2) is 30.8 Å². The molecule has 1 aliphatic carbocycles. The molecule has 1 saturated carbocycles. The molecule has 2 rings (SSSR count). The molecule has 1 fully saturated rings. The quantitative estimate of drug-likeness (QED) is 0.846. The Bertz CT molecular complexity index is 452. The van der Waals surface area contributed by atoms with E-state index in [4.69, 9.17) is 16.3 Å². The van der Waals surface area contributed by atoms with Crippen LogP contribution in [-0.2, 0) is 4.79 Å². The molecular formula is C15H20ClNO3. The van der Waals surface area contributed by atoms with Crippen molar-refractivity contribution in [3.8, 4) is 5.75 Å². The maximum Gasteiger partial charge on any atom is 0.257 e. The van der Waals surface area contributed by atoms with Crippen LogP contribution in [0.5, 0.6) is 5.75 Å². The number of benzene rings is 1. The van der Waals surface area contributed by atoms with Crippen molar-refractivity contribution in [1.29, 1.82) is 0 Å². The lowest BCUT2D eigenvalue weighted by Gasteiger charge is -2.17. The molecule has 110 valence electrons. The van der Waals surface area contributed by atoms with E-state index in [-0.39, 0.29) is 19.1 Å². The van der Waals surface area contributed by atoms with Gasteiger partial charge in [-0.15, -0.1) is 0 Å². The van der Waals surface area contributed by atoms with Crippen molar-refractivity contribution in [3.05, 3.63) is 29.3 Å². The van der Waals surface area contributed by atoms with Crippen molar-refractivity contribution < 1.29 is 14.6 Å². The van der Waals surface area contributed by atoms with Crippen LogP contribution >= 0.6 is 11.6 Å². The summed E-state index contributed by atoms with van der Waals surface area (Å²) in [6.07, 6.45) is 3.24. The van der Waals surface area contributed by atoms with Gasteiger partial charge >= 0.3 is 0 Å². The summed E-state index contributed by atoms with van der Waals surface area (Å²) in [6, 6.07) is 7.07. The number of rotatable bonds is 6. The highest BCUT2D eigenvalue weighted by atomic mass is 35.5. The average Bonchev–Trinajstić information content (AvgIpc) is 2.91. The summed E-state index contributed by atoms with van der Waals surface area (Å²) < 4.78 is 5.37. The van der Waals surface area contributed by atoms with Crippen LogP contribution < -0.4 is 10.1 Å². The summed E-state index contributed by atoms with van der Waals surface area (Å²) >= 11 is 5.94. The van der Waals surface area contributed by atoms with Gasteiger partial charge in [0.25, 0.3) is 5.91 Å². The highest BCUT2D eigenvalue weighted by Crippen LogP contribution is 2.30. The van der Waals surface area contributed by atoms with E-state index < -0.39 is 0 Å². The Morgan fingerprint density at radius 3 is 2.85 bits per heavy atom.